The molecule has 0 radical (unpaired) electrons. The maximum Gasteiger partial charge on any atom is 0.469 e. The first-order valence-electron chi connectivity index (χ1n) is 13.9. The lowest BCUT2D eigenvalue weighted by atomic mass is 9.87. The first-order chi connectivity index (χ1) is 17.1. The molecule has 0 unspecified atom stereocenters. The minimum Gasteiger partial charge on any atom is -0.303 e. The zero-order valence-corrected chi connectivity index (χ0v) is 22.4. The van der Waals surface area contributed by atoms with E-state index in [0.29, 0.717) is 5.92 Å². The van der Waals surface area contributed by atoms with E-state index in [0.717, 1.165) is 19.3 Å². The summed E-state index contributed by atoms with van der Waals surface area (Å²) < 4.78 is 15.0. The predicted octanol–water partition coefficient (Wildman–Crippen LogP) is 9.17. The molecule has 35 heavy (non-hydrogen) atoms. The van der Waals surface area contributed by atoms with Gasteiger partial charge in [-0.1, -0.05) is 151 Å². The van der Waals surface area contributed by atoms with E-state index in [1.54, 1.807) is 0 Å². The lowest BCUT2D eigenvalue weighted by molar-refractivity contribution is 0.193. The van der Waals surface area contributed by atoms with Gasteiger partial charge in [-0.05, 0) is 24.0 Å². The van der Waals surface area contributed by atoms with E-state index in [-0.39, 0.29) is 6.61 Å². The summed E-state index contributed by atoms with van der Waals surface area (Å²) >= 11 is 0. The fourth-order valence-electron chi connectivity index (χ4n) is 4.83. The molecular weight excluding hydrogens is 455 g/mol. The van der Waals surface area contributed by atoms with Crippen LogP contribution in [0.1, 0.15) is 120 Å². The van der Waals surface area contributed by atoms with Gasteiger partial charge in [0.15, 0.2) is 0 Å². The van der Waals surface area contributed by atoms with Gasteiger partial charge in [-0.25, -0.2) is 4.57 Å². The molecule has 0 aromatic heterocycles. The summed E-state index contributed by atoms with van der Waals surface area (Å²) in [7, 11) is -4.28. The Morgan fingerprint density at radius 2 is 0.886 bits per heavy atom. The Morgan fingerprint density at radius 1 is 0.543 bits per heavy atom. The summed E-state index contributed by atoms with van der Waals surface area (Å²) in [6.07, 6.45) is 20.0. The van der Waals surface area contributed by atoms with Crippen molar-refractivity contribution < 1.29 is 18.9 Å². The van der Waals surface area contributed by atoms with Crippen LogP contribution in [0, 0.1) is 0 Å². The van der Waals surface area contributed by atoms with Crippen LogP contribution in [0.3, 0.4) is 0 Å². The molecule has 0 aliphatic carbocycles. The molecular formula is C30H47O4P. The number of rotatable bonds is 21. The minimum atomic E-state index is -4.28. The summed E-state index contributed by atoms with van der Waals surface area (Å²) in [6, 6.07) is 21.9. The quantitative estimate of drug-likeness (QED) is 0.132. The molecule has 0 spiro atoms. The average molecular weight is 503 g/mol. The molecule has 0 amide bonds. The second-order valence-electron chi connectivity index (χ2n) is 9.79. The van der Waals surface area contributed by atoms with Crippen LogP contribution in [-0.2, 0) is 9.09 Å². The number of phosphoric ester groups is 1. The Kier molecular flexibility index (Phi) is 16.0. The van der Waals surface area contributed by atoms with E-state index in [9.17, 15) is 4.57 Å². The summed E-state index contributed by atoms with van der Waals surface area (Å²) in [6.45, 7) is 0.159. The number of benzene rings is 2. The molecule has 0 saturated carbocycles. The Bertz CT molecular complexity index is 751. The second-order valence-corrected chi connectivity index (χ2v) is 11.0. The van der Waals surface area contributed by atoms with Crippen molar-refractivity contribution in [2.75, 3.05) is 6.61 Å². The van der Waals surface area contributed by atoms with Gasteiger partial charge < -0.3 is 9.79 Å². The molecule has 196 valence electrons. The monoisotopic (exact) mass is 502 g/mol. The third-order valence-corrected chi connectivity index (χ3v) is 7.32. The van der Waals surface area contributed by atoms with Crippen LogP contribution in [0.25, 0.3) is 0 Å². The van der Waals surface area contributed by atoms with Crippen LogP contribution >= 0.6 is 7.82 Å². The first kappa shape index (κ1) is 29.8. The summed E-state index contributed by atoms with van der Waals surface area (Å²) in [5.41, 5.74) is 2.87. The first-order valence-corrected chi connectivity index (χ1v) is 15.4. The fourth-order valence-corrected chi connectivity index (χ4v) is 5.20. The van der Waals surface area contributed by atoms with E-state index in [1.807, 2.05) is 0 Å². The fraction of sp³-hybridized carbons (Fsp3) is 0.600. The van der Waals surface area contributed by atoms with E-state index in [2.05, 4.69) is 65.2 Å². The van der Waals surface area contributed by atoms with Gasteiger partial charge in [-0.3, -0.25) is 4.52 Å². The Morgan fingerprint density at radius 3 is 1.26 bits per heavy atom. The molecule has 2 rings (SSSR count). The SMILES string of the molecule is O=P(O)(O)OCCCCCCCCCCCCCCCCCC(c1ccccc1)c1ccccc1. The molecule has 0 bridgehead atoms. The van der Waals surface area contributed by atoms with Gasteiger partial charge in [0.1, 0.15) is 0 Å². The molecule has 0 aliphatic rings. The lowest BCUT2D eigenvalue weighted by Crippen LogP contribution is -2.01. The van der Waals surface area contributed by atoms with E-state index >= 15 is 0 Å². The highest BCUT2D eigenvalue weighted by atomic mass is 31.2. The van der Waals surface area contributed by atoms with Gasteiger partial charge in [0.2, 0.25) is 0 Å². The Balaban J connectivity index is 1.39. The maximum absolute atomic E-state index is 10.6. The van der Waals surface area contributed by atoms with Crippen LogP contribution in [0.2, 0.25) is 0 Å². The van der Waals surface area contributed by atoms with E-state index < -0.39 is 7.82 Å². The van der Waals surface area contributed by atoms with E-state index in [4.69, 9.17) is 9.79 Å². The van der Waals surface area contributed by atoms with Crippen LogP contribution in [0.4, 0.5) is 0 Å². The largest absolute Gasteiger partial charge is 0.469 e. The van der Waals surface area contributed by atoms with Gasteiger partial charge in [0, 0.05) is 5.92 Å². The van der Waals surface area contributed by atoms with Crippen molar-refractivity contribution in [1.82, 2.24) is 0 Å². The molecule has 2 N–H and O–H groups in total. The highest BCUT2D eigenvalue weighted by molar-refractivity contribution is 7.46. The number of hydrogen-bond acceptors (Lipinski definition) is 2. The zero-order valence-electron chi connectivity index (χ0n) is 21.5. The standard InChI is InChI=1S/C30H47O4P/c31-35(32,33)34-27-21-13-11-9-7-5-3-1-2-4-6-8-10-12-20-26-30(28-22-16-14-17-23-28)29-24-18-15-19-25-29/h14-19,22-25,30H,1-13,20-21,26-27H2,(H2,31,32,33). The highest BCUT2D eigenvalue weighted by Gasteiger charge is 2.13. The third-order valence-electron chi connectivity index (χ3n) is 6.80. The van der Waals surface area contributed by atoms with Crippen molar-refractivity contribution >= 4 is 7.82 Å². The number of hydrogen-bond donors (Lipinski definition) is 2. The van der Waals surface area contributed by atoms with Crippen LogP contribution < -0.4 is 0 Å². The van der Waals surface area contributed by atoms with Crippen molar-refractivity contribution in [2.24, 2.45) is 0 Å². The molecule has 0 aliphatic heterocycles. The molecule has 0 heterocycles. The number of phosphoric acid groups is 1. The molecule has 0 fully saturated rings. The average Bonchev–Trinajstić information content (AvgIpc) is 2.86. The van der Waals surface area contributed by atoms with Crippen molar-refractivity contribution in [1.29, 1.82) is 0 Å². The van der Waals surface area contributed by atoms with Gasteiger partial charge in [-0.2, -0.15) is 0 Å². The minimum absolute atomic E-state index is 0.159. The van der Waals surface area contributed by atoms with Crippen molar-refractivity contribution in [3.8, 4) is 0 Å². The van der Waals surface area contributed by atoms with Gasteiger partial charge >= 0.3 is 7.82 Å². The van der Waals surface area contributed by atoms with Crippen molar-refractivity contribution in [3.63, 3.8) is 0 Å². The van der Waals surface area contributed by atoms with Crippen molar-refractivity contribution in [2.45, 2.75) is 109 Å². The molecule has 5 heteroatoms. The summed E-state index contributed by atoms with van der Waals surface area (Å²) in [5, 5.41) is 0. The van der Waals surface area contributed by atoms with Crippen LogP contribution in [-0.4, -0.2) is 16.4 Å². The van der Waals surface area contributed by atoms with Gasteiger partial charge in [0.05, 0.1) is 6.61 Å². The van der Waals surface area contributed by atoms with Crippen LogP contribution in [0.15, 0.2) is 60.7 Å². The zero-order chi connectivity index (χ0) is 25.0. The molecule has 4 nitrogen and oxygen atoms in total. The second kappa shape index (κ2) is 18.8. The lowest BCUT2D eigenvalue weighted by Gasteiger charge is -2.18. The summed E-state index contributed by atoms with van der Waals surface area (Å²) in [4.78, 5) is 17.2. The van der Waals surface area contributed by atoms with Crippen LogP contribution in [0.5, 0.6) is 0 Å². The number of unbranched alkanes of at least 4 members (excludes halogenated alkanes) is 14. The highest BCUT2D eigenvalue weighted by Crippen LogP contribution is 2.35. The predicted molar refractivity (Wildman–Crippen MR) is 147 cm³/mol. The topological polar surface area (TPSA) is 66.8 Å². The third kappa shape index (κ3) is 15.3. The molecule has 2 aromatic rings. The van der Waals surface area contributed by atoms with Gasteiger partial charge in [0.25, 0.3) is 0 Å². The molecule has 0 atom stereocenters. The van der Waals surface area contributed by atoms with E-state index in [1.165, 1.54) is 94.6 Å². The Hall–Kier alpha value is -1.45. The summed E-state index contributed by atoms with van der Waals surface area (Å²) in [5.74, 6) is 0.513. The molecule has 0 saturated heterocycles. The molecule has 2 aromatic carbocycles. The Labute approximate surface area is 213 Å². The maximum atomic E-state index is 10.6. The smallest absolute Gasteiger partial charge is 0.303 e. The van der Waals surface area contributed by atoms with Crippen molar-refractivity contribution in [3.05, 3.63) is 71.8 Å². The van der Waals surface area contributed by atoms with Gasteiger partial charge in [-0.15, -0.1) is 0 Å². The normalized spacial score (nSPS) is 11.9.